The van der Waals surface area contributed by atoms with Crippen molar-refractivity contribution in [1.29, 1.82) is 5.26 Å². The van der Waals surface area contributed by atoms with E-state index in [1.807, 2.05) is 6.07 Å². The molecule has 0 atom stereocenters. The lowest BCUT2D eigenvalue weighted by Gasteiger charge is -2.17. The maximum absolute atomic E-state index is 12.1. The lowest BCUT2D eigenvalue weighted by atomic mass is 10.1. The van der Waals surface area contributed by atoms with Gasteiger partial charge in [-0.3, -0.25) is 14.9 Å². The summed E-state index contributed by atoms with van der Waals surface area (Å²) >= 11 is 0. The highest BCUT2D eigenvalue weighted by Crippen LogP contribution is 2.25. The van der Waals surface area contributed by atoms with Crippen LogP contribution in [0.5, 0.6) is 5.75 Å². The monoisotopic (exact) mass is 263 g/mol. The van der Waals surface area contributed by atoms with Crippen molar-refractivity contribution < 1.29 is 14.5 Å². The number of rotatable bonds is 5. The molecule has 19 heavy (non-hydrogen) atoms. The highest BCUT2D eigenvalue weighted by atomic mass is 16.6. The van der Waals surface area contributed by atoms with Gasteiger partial charge in [-0.2, -0.15) is 5.26 Å². The number of amides is 1. The number of carbonyl (C=O) groups excluding carboxylic acids is 1. The first-order valence-electron chi connectivity index (χ1n) is 5.46. The quantitative estimate of drug-likeness (QED) is 0.593. The minimum Gasteiger partial charge on any atom is -0.496 e. The zero-order chi connectivity index (χ0) is 14.4. The van der Waals surface area contributed by atoms with E-state index in [-0.39, 0.29) is 35.9 Å². The van der Waals surface area contributed by atoms with Crippen molar-refractivity contribution in [2.24, 2.45) is 0 Å². The van der Waals surface area contributed by atoms with Crippen LogP contribution < -0.4 is 4.74 Å². The molecule has 0 bridgehead atoms. The van der Waals surface area contributed by atoms with Gasteiger partial charge in [-0.05, 0) is 6.07 Å². The molecule has 0 aliphatic rings. The maximum Gasteiger partial charge on any atom is 0.273 e. The van der Waals surface area contributed by atoms with Gasteiger partial charge in [-0.15, -0.1) is 0 Å². The van der Waals surface area contributed by atoms with Gasteiger partial charge in [0.15, 0.2) is 0 Å². The fraction of sp³-hybridized carbons (Fsp3) is 0.333. The zero-order valence-corrected chi connectivity index (χ0v) is 10.6. The Morgan fingerprint density at radius 1 is 1.58 bits per heavy atom. The smallest absolute Gasteiger partial charge is 0.273 e. The number of nitro groups is 1. The lowest BCUT2D eigenvalue weighted by Crippen LogP contribution is -2.27. The Hall–Kier alpha value is -2.62. The third-order valence-electron chi connectivity index (χ3n) is 2.53. The van der Waals surface area contributed by atoms with Crippen LogP contribution in [0.1, 0.15) is 16.8 Å². The molecule has 1 aromatic rings. The van der Waals surface area contributed by atoms with Crippen LogP contribution in [0, 0.1) is 21.4 Å². The number of ether oxygens (including phenoxy) is 1. The van der Waals surface area contributed by atoms with E-state index in [1.54, 1.807) is 7.05 Å². The molecule has 0 fully saturated rings. The number of carbonyl (C=O) groups is 1. The van der Waals surface area contributed by atoms with Crippen LogP contribution in [0.3, 0.4) is 0 Å². The molecule has 0 aliphatic heterocycles. The van der Waals surface area contributed by atoms with E-state index in [4.69, 9.17) is 10.00 Å². The average Bonchev–Trinajstić information content (AvgIpc) is 2.42. The van der Waals surface area contributed by atoms with Crippen molar-refractivity contribution in [1.82, 2.24) is 4.90 Å². The predicted octanol–water partition coefficient (Wildman–Crippen LogP) is 1.59. The molecule has 100 valence electrons. The summed E-state index contributed by atoms with van der Waals surface area (Å²) in [5.41, 5.74) is 0.0848. The fourth-order valence-corrected chi connectivity index (χ4v) is 1.50. The Balaban J connectivity index is 3.03. The van der Waals surface area contributed by atoms with Crippen molar-refractivity contribution in [3.63, 3.8) is 0 Å². The molecule has 0 saturated carbocycles. The Labute approximate surface area is 110 Å². The molecular weight excluding hydrogens is 250 g/mol. The number of nitriles is 1. The Morgan fingerprint density at radius 3 is 2.79 bits per heavy atom. The molecule has 0 saturated heterocycles. The summed E-state index contributed by atoms with van der Waals surface area (Å²) in [6.45, 7) is 0.287. The van der Waals surface area contributed by atoms with Crippen LogP contribution in [-0.2, 0) is 0 Å². The summed E-state index contributed by atoms with van der Waals surface area (Å²) in [7, 11) is 2.89. The van der Waals surface area contributed by atoms with Crippen LogP contribution >= 0.6 is 0 Å². The van der Waals surface area contributed by atoms with Gasteiger partial charge in [0, 0.05) is 19.7 Å². The molecular formula is C12H13N3O4. The topological polar surface area (TPSA) is 96.5 Å². The van der Waals surface area contributed by atoms with Crippen molar-refractivity contribution in [2.45, 2.75) is 6.42 Å². The summed E-state index contributed by atoms with van der Waals surface area (Å²) in [5, 5.41) is 19.1. The highest BCUT2D eigenvalue weighted by Gasteiger charge is 2.19. The molecule has 0 N–H and O–H groups in total. The van der Waals surface area contributed by atoms with Gasteiger partial charge in [0.2, 0.25) is 0 Å². The fourth-order valence-electron chi connectivity index (χ4n) is 1.50. The second kappa shape index (κ2) is 6.35. The van der Waals surface area contributed by atoms with Crippen molar-refractivity contribution in [2.75, 3.05) is 20.7 Å². The minimum atomic E-state index is -0.559. The van der Waals surface area contributed by atoms with E-state index in [0.29, 0.717) is 0 Å². The molecule has 0 aliphatic carbocycles. The summed E-state index contributed by atoms with van der Waals surface area (Å²) in [6, 6.07) is 5.74. The second-order valence-electron chi connectivity index (χ2n) is 3.78. The van der Waals surface area contributed by atoms with E-state index in [2.05, 4.69) is 0 Å². The van der Waals surface area contributed by atoms with Gasteiger partial charge in [0.05, 0.1) is 36.2 Å². The van der Waals surface area contributed by atoms with Crippen LogP contribution in [-0.4, -0.2) is 36.4 Å². The van der Waals surface area contributed by atoms with Gasteiger partial charge in [-0.1, -0.05) is 0 Å². The zero-order valence-electron chi connectivity index (χ0n) is 10.6. The lowest BCUT2D eigenvalue weighted by molar-refractivity contribution is -0.384. The molecule has 0 aromatic heterocycles. The second-order valence-corrected chi connectivity index (χ2v) is 3.78. The third-order valence-corrected chi connectivity index (χ3v) is 2.53. The Morgan fingerprint density at radius 2 is 2.26 bits per heavy atom. The normalized spacial score (nSPS) is 9.53. The standard InChI is InChI=1S/C12H13N3O4/c1-14(7-3-6-13)12(16)10-5-4-9(15(17)18)8-11(10)19-2/h4-5,8H,3,7H2,1-2H3. The minimum absolute atomic E-state index is 0.142. The van der Waals surface area contributed by atoms with E-state index in [9.17, 15) is 14.9 Å². The van der Waals surface area contributed by atoms with Gasteiger partial charge < -0.3 is 9.64 Å². The number of methoxy groups -OCH3 is 1. The molecule has 7 nitrogen and oxygen atoms in total. The van der Waals surface area contributed by atoms with Crippen LogP contribution in [0.15, 0.2) is 18.2 Å². The number of hydrogen-bond donors (Lipinski definition) is 0. The first-order valence-corrected chi connectivity index (χ1v) is 5.46. The predicted molar refractivity (Wildman–Crippen MR) is 66.8 cm³/mol. The number of nitro benzene ring substituents is 1. The molecule has 0 heterocycles. The molecule has 1 rings (SSSR count). The highest BCUT2D eigenvalue weighted by molar-refractivity contribution is 5.97. The SMILES string of the molecule is COc1cc([N+](=O)[O-])ccc1C(=O)N(C)CCC#N. The van der Waals surface area contributed by atoms with E-state index in [1.165, 1.54) is 30.2 Å². The Bertz CT molecular complexity index is 536. The number of hydrogen-bond acceptors (Lipinski definition) is 5. The first kappa shape index (κ1) is 14.4. The molecule has 1 amide bonds. The van der Waals surface area contributed by atoms with E-state index in [0.717, 1.165) is 0 Å². The molecule has 7 heteroatoms. The molecule has 0 spiro atoms. The molecule has 1 aromatic carbocycles. The van der Waals surface area contributed by atoms with Crippen LogP contribution in [0.4, 0.5) is 5.69 Å². The Kier molecular flexibility index (Phi) is 4.83. The summed E-state index contributed by atoms with van der Waals surface area (Å²) in [6.07, 6.45) is 0.220. The van der Waals surface area contributed by atoms with Crippen LogP contribution in [0.2, 0.25) is 0 Å². The summed E-state index contributed by atoms with van der Waals surface area (Å²) < 4.78 is 4.99. The van der Waals surface area contributed by atoms with Crippen molar-refractivity contribution in [3.05, 3.63) is 33.9 Å². The number of non-ortho nitro benzene ring substituents is 1. The van der Waals surface area contributed by atoms with E-state index < -0.39 is 4.92 Å². The third kappa shape index (κ3) is 3.42. The van der Waals surface area contributed by atoms with Gasteiger partial charge in [-0.25, -0.2) is 0 Å². The van der Waals surface area contributed by atoms with Crippen molar-refractivity contribution >= 4 is 11.6 Å². The molecule has 0 radical (unpaired) electrons. The van der Waals surface area contributed by atoms with E-state index >= 15 is 0 Å². The van der Waals surface area contributed by atoms with Crippen molar-refractivity contribution in [3.8, 4) is 11.8 Å². The number of benzene rings is 1. The number of nitrogens with zero attached hydrogens (tertiary/aromatic N) is 3. The first-order chi connectivity index (χ1) is 9.01. The largest absolute Gasteiger partial charge is 0.496 e. The average molecular weight is 263 g/mol. The van der Waals surface area contributed by atoms with Gasteiger partial charge in [0.25, 0.3) is 11.6 Å². The molecule has 0 unspecified atom stereocenters. The summed E-state index contributed by atoms with van der Waals surface area (Å²) in [5.74, 6) is -0.204. The van der Waals surface area contributed by atoms with Crippen LogP contribution in [0.25, 0.3) is 0 Å². The van der Waals surface area contributed by atoms with Gasteiger partial charge >= 0.3 is 0 Å². The maximum atomic E-state index is 12.1. The van der Waals surface area contributed by atoms with Gasteiger partial charge in [0.1, 0.15) is 5.75 Å². The summed E-state index contributed by atoms with van der Waals surface area (Å²) in [4.78, 5) is 23.5.